The summed E-state index contributed by atoms with van der Waals surface area (Å²) in [6.07, 6.45) is 3.29. The zero-order chi connectivity index (χ0) is 12.8. The molecule has 1 aliphatic heterocycles. The van der Waals surface area contributed by atoms with Crippen molar-refractivity contribution >= 4 is 23.2 Å². The van der Waals surface area contributed by atoms with E-state index >= 15 is 0 Å². The van der Waals surface area contributed by atoms with Gasteiger partial charge >= 0.3 is 0 Å². The average molecular weight is 288 g/mol. The van der Waals surface area contributed by atoms with E-state index in [1.54, 1.807) is 6.07 Å². The molecular formula is C14H19Cl2NO. The molecule has 0 radical (unpaired) electrons. The molecule has 0 aliphatic carbocycles. The van der Waals surface area contributed by atoms with E-state index in [0.29, 0.717) is 5.02 Å². The lowest BCUT2D eigenvalue weighted by atomic mass is 10.0. The van der Waals surface area contributed by atoms with Gasteiger partial charge in [0.05, 0.1) is 0 Å². The SMILES string of the molecule is Clc1ccc(CCNCC2CCOCC2)c(Cl)c1. The van der Waals surface area contributed by atoms with Crippen LogP contribution in [0.25, 0.3) is 0 Å². The number of nitrogens with one attached hydrogen (secondary N) is 1. The van der Waals surface area contributed by atoms with E-state index in [0.717, 1.165) is 49.2 Å². The predicted octanol–water partition coefficient (Wildman–Crippen LogP) is 3.55. The molecule has 100 valence electrons. The summed E-state index contributed by atoms with van der Waals surface area (Å²) < 4.78 is 5.34. The molecule has 0 atom stereocenters. The van der Waals surface area contributed by atoms with Crippen LogP contribution in [0.2, 0.25) is 10.0 Å². The van der Waals surface area contributed by atoms with Crippen molar-refractivity contribution in [2.75, 3.05) is 26.3 Å². The number of ether oxygens (including phenoxy) is 1. The van der Waals surface area contributed by atoms with E-state index in [-0.39, 0.29) is 0 Å². The molecule has 0 bridgehead atoms. The summed E-state index contributed by atoms with van der Waals surface area (Å²) in [5, 5.41) is 4.95. The zero-order valence-corrected chi connectivity index (χ0v) is 11.9. The van der Waals surface area contributed by atoms with Crippen LogP contribution in [0.15, 0.2) is 18.2 Å². The second kappa shape index (κ2) is 7.34. The highest BCUT2D eigenvalue weighted by molar-refractivity contribution is 6.35. The summed E-state index contributed by atoms with van der Waals surface area (Å²) in [5.41, 5.74) is 1.15. The maximum absolute atomic E-state index is 6.13. The van der Waals surface area contributed by atoms with Crippen molar-refractivity contribution < 1.29 is 4.74 Å². The Morgan fingerprint density at radius 3 is 2.72 bits per heavy atom. The molecule has 2 nitrogen and oxygen atoms in total. The van der Waals surface area contributed by atoms with Crippen LogP contribution in [-0.2, 0) is 11.2 Å². The highest BCUT2D eigenvalue weighted by Crippen LogP contribution is 2.21. The maximum atomic E-state index is 6.13. The van der Waals surface area contributed by atoms with Crippen LogP contribution in [0.1, 0.15) is 18.4 Å². The van der Waals surface area contributed by atoms with Crippen molar-refractivity contribution in [3.05, 3.63) is 33.8 Å². The molecular weight excluding hydrogens is 269 g/mol. The Morgan fingerprint density at radius 2 is 2.00 bits per heavy atom. The lowest BCUT2D eigenvalue weighted by Gasteiger charge is -2.22. The molecule has 1 N–H and O–H groups in total. The molecule has 1 fully saturated rings. The fourth-order valence-electron chi connectivity index (χ4n) is 2.20. The third-order valence-corrected chi connectivity index (χ3v) is 3.95. The van der Waals surface area contributed by atoms with Gasteiger partial charge in [0.15, 0.2) is 0 Å². The fraction of sp³-hybridized carbons (Fsp3) is 0.571. The third kappa shape index (κ3) is 4.43. The van der Waals surface area contributed by atoms with Crippen LogP contribution < -0.4 is 5.32 Å². The first-order valence-corrected chi connectivity index (χ1v) is 7.23. The highest BCUT2D eigenvalue weighted by Gasteiger charge is 2.12. The average Bonchev–Trinajstić information content (AvgIpc) is 2.38. The van der Waals surface area contributed by atoms with Crippen LogP contribution in [0.3, 0.4) is 0 Å². The molecule has 4 heteroatoms. The van der Waals surface area contributed by atoms with Gasteiger partial charge in [-0.2, -0.15) is 0 Å². The van der Waals surface area contributed by atoms with E-state index < -0.39 is 0 Å². The molecule has 2 rings (SSSR count). The van der Waals surface area contributed by atoms with Gasteiger partial charge in [-0.3, -0.25) is 0 Å². The Hall–Kier alpha value is -0.280. The number of halogens is 2. The van der Waals surface area contributed by atoms with Crippen LogP contribution in [0.4, 0.5) is 0 Å². The van der Waals surface area contributed by atoms with Crippen molar-refractivity contribution in [1.82, 2.24) is 5.32 Å². The van der Waals surface area contributed by atoms with Gasteiger partial charge in [-0.1, -0.05) is 29.3 Å². The summed E-state index contributed by atoms with van der Waals surface area (Å²) in [6.45, 7) is 3.86. The predicted molar refractivity (Wildman–Crippen MR) is 76.6 cm³/mol. The second-order valence-corrected chi connectivity index (χ2v) is 5.59. The zero-order valence-electron chi connectivity index (χ0n) is 10.4. The minimum absolute atomic E-state index is 0.693. The van der Waals surface area contributed by atoms with Crippen LogP contribution in [-0.4, -0.2) is 26.3 Å². The molecule has 1 aromatic rings. The maximum Gasteiger partial charge on any atom is 0.0469 e. The van der Waals surface area contributed by atoms with Gasteiger partial charge in [-0.15, -0.1) is 0 Å². The molecule has 0 spiro atoms. The van der Waals surface area contributed by atoms with Gasteiger partial charge in [0.25, 0.3) is 0 Å². The van der Waals surface area contributed by atoms with Gasteiger partial charge < -0.3 is 10.1 Å². The molecule has 1 aliphatic rings. The Bertz CT molecular complexity index is 378. The first-order chi connectivity index (χ1) is 8.75. The van der Waals surface area contributed by atoms with Gasteiger partial charge in [0, 0.05) is 23.3 Å². The van der Waals surface area contributed by atoms with Gasteiger partial charge in [-0.25, -0.2) is 0 Å². The fourth-order valence-corrected chi connectivity index (χ4v) is 2.71. The van der Waals surface area contributed by atoms with E-state index in [4.69, 9.17) is 27.9 Å². The minimum Gasteiger partial charge on any atom is -0.381 e. The molecule has 1 aromatic carbocycles. The number of hydrogen-bond donors (Lipinski definition) is 1. The first kappa shape index (κ1) is 14.1. The van der Waals surface area contributed by atoms with E-state index in [1.165, 1.54) is 12.8 Å². The molecule has 0 aromatic heterocycles. The van der Waals surface area contributed by atoms with Crippen molar-refractivity contribution in [2.45, 2.75) is 19.3 Å². The lowest BCUT2D eigenvalue weighted by molar-refractivity contribution is 0.0664. The van der Waals surface area contributed by atoms with Gasteiger partial charge in [-0.05, 0) is 56.0 Å². The molecule has 18 heavy (non-hydrogen) atoms. The van der Waals surface area contributed by atoms with Crippen LogP contribution >= 0.6 is 23.2 Å². The van der Waals surface area contributed by atoms with Crippen molar-refractivity contribution in [1.29, 1.82) is 0 Å². The monoisotopic (exact) mass is 287 g/mol. The smallest absolute Gasteiger partial charge is 0.0469 e. The Balaban J connectivity index is 1.68. The largest absolute Gasteiger partial charge is 0.381 e. The second-order valence-electron chi connectivity index (χ2n) is 4.75. The number of hydrogen-bond acceptors (Lipinski definition) is 2. The normalized spacial score (nSPS) is 17.0. The van der Waals surface area contributed by atoms with Crippen LogP contribution in [0, 0.1) is 5.92 Å². The van der Waals surface area contributed by atoms with E-state index in [9.17, 15) is 0 Å². The molecule has 0 saturated carbocycles. The highest BCUT2D eigenvalue weighted by atomic mass is 35.5. The summed E-state index contributed by atoms with van der Waals surface area (Å²) in [4.78, 5) is 0. The Kier molecular flexibility index (Phi) is 5.77. The summed E-state index contributed by atoms with van der Waals surface area (Å²) in [7, 11) is 0. The molecule has 0 amide bonds. The number of rotatable bonds is 5. The summed E-state index contributed by atoms with van der Waals surface area (Å²) >= 11 is 12.0. The third-order valence-electron chi connectivity index (χ3n) is 3.36. The summed E-state index contributed by atoms with van der Waals surface area (Å²) in [5.74, 6) is 0.763. The summed E-state index contributed by atoms with van der Waals surface area (Å²) in [6, 6.07) is 5.69. The number of benzene rings is 1. The van der Waals surface area contributed by atoms with E-state index in [2.05, 4.69) is 5.32 Å². The molecule has 1 saturated heterocycles. The quantitative estimate of drug-likeness (QED) is 0.837. The molecule has 1 heterocycles. The lowest BCUT2D eigenvalue weighted by Crippen LogP contribution is -2.29. The molecule has 0 unspecified atom stereocenters. The van der Waals surface area contributed by atoms with Gasteiger partial charge in [0.2, 0.25) is 0 Å². The minimum atomic E-state index is 0.693. The Labute approximate surface area is 119 Å². The Morgan fingerprint density at radius 1 is 1.22 bits per heavy atom. The van der Waals surface area contributed by atoms with Gasteiger partial charge in [0.1, 0.15) is 0 Å². The van der Waals surface area contributed by atoms with E-state index in [1.807, 2.05) is 12.1 Å². The topological polar surface area (TPSA) is 21.3 Å². The first-order valence-electron chi connectivity index (χ1n) is 6.48. The van der Waals surface area contributed by atoms with Crippen molar-refractivity contribution in [3.8, 4) is 0 Å². The van der Waals surface area contributed by atoms with Crippen molar-refractivity contribution in [3.63, 3.8) is 0 Å². The van der Waals surface area contributed by atoms with Crippen molar-refractivity contribution in [2.24, 2.45) is 5.92 Å². The van der Waals surface area contributed by atoms with Crippen LogP contribution in [0.5, 0.6) is 0 Å². The standard InChI is InChI=1S/C14H19Cl2NO/c15-13-2-1-12(14(16)9-13)3-6-17-10-11-4-7-18-8-5-11/h1-2,9,11,17H,3-8,10H2.